The van der Waals surface area contributed by atoms with Crippen LogP contribution in [0.1, 0.15) is 89.7 Å². The minimum absolute atomic E-state index is 0.00623. The van der Waals surface area contributed by atoms with Crippen LogP contribution < -0.4 is 76.9 Å². The number of nitrogens with zero attached hydrogens (tertiary/aromatic N) is 2. The number of carbonyl (C=O) groups excluding carboxylic acids is 8. The van der Waals surface area contributed by atoms with Crippen LogP contribution in [-0.4, -0.2) is 178 Å². The minimum Gasteiger partial charge on any atom is -0.508 e. The first-order valence-electron chi connectivity index (χ1n) is 27.2. The quantitative estimate of drug-likeness (QED) is 0.0174. The number of carbonyl (C=O) groups is 9. The molecule has 9 atom stereocenters. The molecule has 0 radical (unpaired) electrons. The Morgan fingerprint density at radius 1 is 0.506 bits per heavy atom. The van der Waals surface area contributed by atoms with Gasteiger partial charge >= 0.3 is 5.97 Å². The van der Waals surface area contributed by atoms with Gasteiger partial charge in [-0.05, 0) is 118 Å². The fraction of sp³-hybridized carbons (Fsp3) is 0.566. The third kappa shape index (κ3) is 28.1. The van der Waals surface area contributed by atoms with Gasteiger partial charge in [-0.3, -0.25) is 48.3 Å². The first kappa shape index (κ1) is 71.1. The molecule has 0 unspecified atom stereocenters. The molecule has 30 heteroatoms. The Labute approximate surface area is 486 Å². The van der Waals surface area contributed by atoms with E-state index in [0.717, 1.165) is 0 Å². The molecule has 0 saturated heterocycles. The van der Waals surface area contributed by atoms with Crippen molar-refractivity contribution in [2.24, 2.45) is 50.3 Å². The summed E-state index contributed by atoms with van der Waals surface area (Å²) in [7, 11) is 0. The van der Waals surface area contributed by atoms with E-state index in [1.165, 1.54) is 67.2 Å². The van der Waals surface area contributed by atoms with Crippen molar-refractivity contribution in [3.05, 3.63) is 59.7 Å². The Morgan fingerprint density at radius 2 is 0.904 bits per heavy atom. The van der Waals surface area contributed by atoms with E-state index in [4.69, 9.17) is 34.4 Å². The lowest BCUT2D eigenvalue weighted by atomic mass is 10.0. The monoisotopic (exact) mass is 1190 g/mol. The predicted molar refractivity (Wildman–Crippen MR) is 313 cm³/mol. The van der Waals surface area contributed by atoms with Crippen LogP contribution in [0.5, 0.6) is 11.5 Å². The second-order valence-corrected chi connectivity index (χ2v) is 21.1. The minimum atomic E-state index is -1.62. The third-order valence-corrected chi connectivity index (χ3v) is 13.3. The van der Waals surface area contributed by atoms with Crippen molar-refractivity contribution >= 4 is 76.9 Å². The van der Waals surface area contributed by atoms with Gasteiger partial charge in [0.05, 0.1) is 12.6 Å². The predicted octanol–water partition coefficient (Wildman–Crippen LogP) is -3.78. The van der Waals surface area contributed by atoms with Gasteiger partial charge < -0.3 is 97.4 Å². The number of phenols is 2. The van der Waals surface area contributed by atoms with Crippen LogP contribution in [-0.2, 0) is 56.0 Å². The average Bonchev–Trinajstić information content (AvgIpc) is 3.54. The van der Waals surface area contributed by atoms with Crippen LogP contribution in [0.4, 0.5) is 0 Å². The highest BCUT2D eigenvalue weighted by molar-refractivity contribution is 7.98. The van der Waals surface area contributed by atoms with Gasteiger partial charge in [-0.15, -0.1) is 0 Å². The molecule has 2 rings (SSSR count). The molecule has 0 spiro atoms. The summed E-state index contributed by atoms with van der Waals surface area (Å²) < 4.78 is 0. The Bertz CT molecular complexity index is 2480. The molecule has 0 heterocycles. The van der Waals surface area contributed by atoms with Crippen LogP contribution in [0.3, 0.4) is 0 Å². The number of carboxylic acids is 1. The lowest BCUT2D eigenvalue weighted by Gasteiger charge is -2.27. The number of aliphatic hydroxyl groups is 1. The van der Waals surface area contributed by atoms with Crippen LogP contribution in [0.25, 0.3) is 0 Å². The molecule has 0 fully saturated rings. The lowest BCUT2D eigenvalue weighted by molar-refractivity contribution is -0.142. The second kappa shape index (κ2) is 37.9. The van der Waals surface area contributed by atoms with Gasteiger partial charge in [0, 0.05) is 25.9 Å². The molecule has 2 aromatic rings. The number of thioether (sulfide) groups is 1. The van der Waals surface area contributed by atoms with Crippen molar-refractivity contribution < 1.29 is 63.6 Å². The number of guanidine groups is 2. The molecule has 0 bridgehead atoms. The first-order valence-corrected chi connectivity index (χ1v) is 28.6. The molecule has 8 amide bonds. The van der Waals surface area contributed by atoms with Crippen molar-refractivity contribution in [3.63, 3.8) is 0 Å². The number of nitrogens with two attached hydrogens (primary N) is 6. The highest BCUT2D eigenvalue weighted by Crippen LogP contribution is 2.15. The molecule has 2 aromatic carbocycles. The molecule has 0 aliphatic heterocycles. The molecule has 0 aliphatic rings. The van der Waals surface area contributed by atoms with E-state index in [1.807, 2.05) is 13.8 Å². The van der Waals surface area contributed by atoms with Crippen molar-refractivity contribution in [1.82, 2.24) is 42.5 Å². The van der Waals surface area contributed by atoms with Gasteiger partial charge in [0.25, 0.3) is 0 Å². The number of benzene rings is 2. The Kier molecular flexibility index (Phi) is 32.5. The van der Waals surface area contributed by atoms with Crippen molar-refractivity contribution in [2.75, 3.05) is 38.2 Å². The molecule has 462 valence electrons. The van der Waals surface area contributed by atoms with Crippen molar-refractivity contribution in [1.29, 1.82) is 0 Å². The summed E-state index contributed by atoms with van der Waals surface area (Å²) in [6, 6.07) is -0.882. The maximum Gasteiger partial charge on any atom is 0.326 e. The van der Waals surface area contributed by atoms with Crippen LogP contribution in [0, 0.1) is 5.92 Å². The summed E-state index contributed by atoms with van der Waals surface area (Å²) >= 11 is 1.33. The molecule has 29 nitrogen and oxygen atoms in total. The van der Waals surface area contributed by atoms with E-state index in [0.29, 0.717) is 42.7 Å². The number of nitrogens with one attached hydrogen (secondary N) is 8. The Balaban J connectivity index is 2.39. The Hall–Kier alpha value is -7.96. The summed E-state index contributed by atoms with van der Waals surface area (Å²) in [6.45, 7) is 4.43. The zero-order valence-electron chi connectivity index (χ0n) is 47.4. The molecule has 0 aliphatic carbocycles. The van der Waals surface area contributed by atoms with Crippen LogP contribution in [0.15, 0.2) is 58.5 Å². The zero-order valence-corrected chi connectivity index (χ0v) is 48.3. The van der Waals surface area contributed by atoms with E-state index < -0.39 is 114 Å². The topological polar surface area (TPSA) is 512 Å². The van der Waals surface area contributed by atoms with Gasteiger partial charge in [-0.2, -0.15) is 11.8 Å². The fourth-order valence-corrected chi connectivity index (χ4v) is 8.52. The van der Waals surface area contributed by atoms with E-state index in [2.05, 4.69) is 52.5 Å². The summed E-state index contributed by atoms with van der Waals surface area (Å²) in [4.78, 5) is 131. The largest absolute Gasteiger partial charge is 0.508 e. The summed E-state index contributed by atoms with van der Waals surface area (Å²) in [6.07, 6.45) is 3.02. The third-order valence-electron chi connectivity index (χ3n) is 12.6. The van der Waals surface area contributed by atoms with E-state index in [9.17, 15) is 63.6 Å². The first-order chi connectivity index (χ1) is 39.3. The molecular weight excluding hydrogens is 1100 g/mol. The number of aliphatic hydroxyl groups excluding tert-OH is 1. The maximum atomic E-state index is 14.3. The van der Waals surface area contributed by atoms with E-state index in [-0.39, 0.29) is 93.8 Å². The van der Waals surface area contributed by atoms with Gasteiger partial charge in [-0.1, -0.05) is 44.5 Å². The molecule has 0 aromatic heterocycles. The number of unbranched alkanes of at least 4 members (excludes halogenated alkanes) is 1. The second-order valence-electron chi connectivity index (χ2n) is 20.1. The molecule has 0 saturated carbocycles. The van der Waals surface area contributed by atoms with Gasteiger partial charge in [-0.25, -0.2) is 4.79 Å². The van der Waals surface area contributed by atoms with Crippen molar-refractivity contribution in [2.45, 2.75) is 146 Å². The summed E-state index contributed by atoms with van der Waals surface area (Å²) in [5.41, 5.74) is 34.5. The number of phenolic OH excluding ortho intramolecular Hbond substituents is 2. The molecular formula is C53H86N16O13S. The van der Waals surface area contributed by atoms with E-state index >= 15 is 0 Å². The number of amides is 8. The highest BCUT2D eigenvalue weighted by Gasteiger charge is 2.35. The van der Waals surface area contributed by atoms with Crippen LogP contribution in [0.2, 0.25) is 0 Å². The number of rotatable bonds is 39. The number of carboxylic acid groups (broad SMARTS) is 1. The standard InChI is InChI=1S/C53H86N16O13S/c1-29(2)25-39(66-44(74)35(55)9-5-6-21-54)48(78)69-42(28-70)50(80)65-36(10-7-22-60-52(56)57)45(75)62-30(3)43(73)63-38(20-24-83-4)47(77)64-37(11-8-23-61-53(58)59)46(76)67-40(26-31-12-16-33(71)17-13-31)49(79)68-41(51(81)82)27-32-14-18-34(72)19-15-32/h12-19,29-30,35-42,70-72H,5-11,20-28,54-55H2,1-4H3,(H,62,75)(H,63,73)(H,64,77)(H,65,80)(H,66,74)(H,67,76)(H,68,79)(H,69,78)(H,81,82)(H4,56,57,60)(H4,58,59,61)/t30-,35-,36-,37-,38-,39-,40-,41-,42-/m0/s1. The number of aliphatic carboxylic acids is 1. The molecule has 83 heavy (non-hydrogen) atoms. The molecule has 24 N–H and O–H groups in total. The maximum absolute atomic E-state index is 14.3. The van der Waals surface area contributed by atoms with Crippen molar-refractivity contribution in [3.8, 4) is 11.5 Å². The van der Waals surface area contributed by atoms with Gasteiger partial charge in [0.15, 0.2) is 11.9 Å². The number of hydrogen-bond acceptors (Lipinski definition) is 17. The Morgan fingerprint density at radius 3 is 1.36 bits per heavy atom. The number of hydrogen-bond donors (Lipinski definition) is 18. The van der Waals surface area contributed by atoms with Gasteiger partial charge in [0.1, 0.15) is 59.8 Å². The average molecular weight is 1190 g/mol. The number of aromatic hydroxyl groups is 2. The summed E-state index contributed by atoms with van der Waals surface area (Å²) in [5.74, 6) is -8.67. The number of aliphatic imine (C=N–C) groups is 2. The fourth-order valence-electron chi connectivity index (χ4n) is 8.05. The van der Waals surface area contributed by atoms with E-state index in [1.54, 1.807) is 6.26 Å². The van der Waals surface area contributed by atoms with Gasteiger partial charge in [0.2, 0.25) is 47.3 Å². The lowest BCUT2D eigenvalue weighted by Crippen LogP contribution is -2.60. The normalized spacial score (nSPS) is 14.3. The highest BCUT2D eigenvalue weighted by atomic mass is 32.2. The zero-order chi connectivity index (χ0) is 62.2. The SMILES string of the molecule is CSCC[C@H](NC(=O)[C@H](C)NC(=O)[C@H](CCCN=C(N)N)NC(=O)[C@H](CO)NC(=O)[C@H](CC(C)C)NC(=O)[C@@H](N)CCCCN)C(=O)N[C@@H](CCCN=C(N)N)C(=O)N[C@@H](Cc1ccc(O)cc1)C(=O)N[C@@H](Cc1ccc(O)cc1)C(=O)O. The summed E-state index contributed by atoms with van der Waals surface area (Å²) in [5, 5.41) is 60.5. The van der Waals surface area contributed by atoms with Crippen LogP contribution >= 0.6 is 11.8 Å². The smallest absolute Gasteiger partial charge is 0.326 e.